The molecule has 0 aliphatic carbocycles. The molecular weight excluding hydrogens is 554 g/mol. The molecule has 10 heteroatoms. The van der Waals surface area contributed by atoms with Gasteiger partial charge in [-0.3, -0.25) is 9.59 Å². The zero-order valence-corrected chi connectivity index (χ0v) is 25.3. The molecule has 42 heavy (non-hydrogen) atoms. The Balaban J connectivity index is 1.62. The second-order valence-corrected chi connectivity index (χ2v) is 13.1. The fourth-order valence-electron chi connectivity index (χ4n) is 4.95. The van der Waals surface area contributed by atoms with Crippen molar-refractivity contribution in [2.45, 2.75) is 50.7 Å². The molecule has 4 rings (SSSR count). The number of anilines is 1. The maximum Gasteiger partial charge on any atom is 0.242 e. The molecule has 0 fully saturated rings. The van der Waals surface area contributed by atoms with Crippen LogP contribution in [0, 0.1) is 12.8 Å². The topological polar surface area (TPSA) is 116 Å². The van der Waals surface area contributed by atoms with Crippen LogP contribution >= 0.6 is 0 Å². The van der Waals surface area contributed by atoms with Crippen LogP contribution in [-0.2, 0) is 32.5 Å². The Labute approximate surface area is 248 Å². The Morgan fingerprint density at radius 1 is 1.12 bits per heavy atom. The van der Waals surface area contributed by atoms with E-state index in [1.165, 1.54) is 11.4 Å². The largest absolute Gasteiger partial charge is 0.488 e. The number of carbonyl (C=O) groups is 2. The van der Waals surface area contributed by atoms with Crippen molar-refractivity contribution in [2.24, 2.45) is 5.92 Å². The van der Waals surface area contributed by atoms with Crippen LogP contribution in [0.4, 0.5) is 5.69 Å². The summed E-state index contributed by atoms with van der Waals surface area (Å²) in [5, 5.41) is 12.8. The van der Waals surface area contributed by atoms with E-state index in [-0.39, 0.29) is 55.2 Å². The van der Waals surface area contributed by atoms with Gasteiger partial charge in [-0.05, 0) is 49.7 Å². The van der Waals surface area contributed by atoms with Gasteiger partial charge in [0.1, 0.15) is 11.9 Å². The lowest BCUT2D eigenvalue weighted by Crippen LogP contribution is -2.48. The van der Waals surface area contributed by atoms with E-state index in [1.807, 2.05) is 44.2 Å². The first-order valence-electron chi connectivity index (χ1n) is 14.0. The van der Waals surface area contributed by atoms with Gasteiger partial charge in [-0.1, -0.05) is 55.0 Å². The minimum absolute atomic E-state index is 0.000979. The number of nitrogens with zero attached hydrogens (tertiary/aromatic N) is 2. The summed E-state index contributed by atoms with van der Waals surface area (Å²) in [6.07, 6.45) is -0.401. The molecule has 3 atom stereocenters. The highest BCUT2D eigenvalue weighted by atomic mass is 32.2. The molecule has 1 aliphatic rings. The van der Waals surface area contributed by atoms with Gasteiger partial charge in [-0.2, -0.15) is 4.31 Å². The summed E-state index contributed by atoms with van der Waals surface area (Å²) in [5.74, 6) is -0.209. The van der Waals surface area contributed by atoms with Crippen molar-refractivity contribution in [3.05, 3.63) is 89.5 Å². The second kappa shape index (κ2) is 13.5. The van der Waals surface area contributed by atoms with Gasteiger partial charge in [0.05, 0.1) is 36.9 Å². The second-order valence-electron chi connectivity index (χ2n) is 11.0. The minimum atomic E-state index is -3.79. The number of amides is 2. The monoisotopic (exact) mass is 593 g/mol. The molecule has 0 radical (unpaired) electrons. The van der Waals surface area contributed by atoms with Crippen molar-refractivity contribution in [1.29, 1.82) is 0 Å². The van der Waals surface area contributed by atoms with Crippen molar-refractivity contribution in [2.75, 3.05) is 32.1 Å². The van der Waals surface area contributed by atoms with Crippen LogP contribution in [0.3, 0.4) is 0 Å². The number of aliphatic hydroxyl groups excluding tert-OH is 1. The molecule has 1 aliphatic heterocycles. The molecule has 0 saturated carbocycles. The summed E-state index contributed by atoms with van der Waals surface area (Å²) in [6.45, 7) is 5.68. The van der Waals surface area contributed by atoms with Crippen molar-refractivity contribution in [1.82, 2.24) is 9.21 Å². The van der Waals surface area contributed by atoms with E-state index in [2.05, 4.69) is 5.32 Å². The quantitative estimate of drug-likeness (QED) is 0.391. The number of benzene rings is 3. The van der Waals surface area contributed by atoms with Gasteiger partial charge < -0.3 is 20.1 Å². The number of hydrogen-bond acceptors (Lipinski definition) is 6. The van der Waals surface area contributed by atoms with Crippen LogP contribution in [0.25, 0.3) is 0 Å². The summed E-state index contributed by atoms with van der Waals surface area (Å²) in [5.41, 5.74) is 2.93. The summed E-state index contributed by atoms with van der Waals surface area (Å²) in [6, 6.07) is 20.8. The molecule has 2 amide bonds. The standard InChI is InChI=1S/C32H39N3O6S/c1-22-10-13-28(14-11-22)42(39,40)34(4)20-30-23(2)19-35(24(3)21-36)32(38)18-26-17-27(12-15-29(26)41-30)33-31(37)16-25-8-6-5-7-9-25/h5-15,17,23-24,30,36H,16,18-21H2,1-4H3,(H,33,37)/t23-,24-,30+/m0/s1. The van der Waals surface area contributed by atoms with Crippen LogP contribution in [0.15, 0.2) is 77.7 Å². The van der Waals surface area contributed by atoms with E-state index < -0.39 is 22.2 Å². The molecule has 3 aromatic rings. The zero-order chi connectivity index (χ0) is 30.4. The third-order valence-corrected chi connectivity index (χ3v) is 9.41. The number of aliphatic hydroxyl groups is 1. The van der Waals surface area contributed by atoms with E-state index in [9.17, 15) is 23.1 Å². The van der Waals surface area contributed by atoms with E-state index in [0.717, 1.165) is 11.1 Å². The van der Waals surface area contributed by atoms with Crippen LogP contribution in [0.2, 0.25) is 0 Å². The number of likely N-dealkylation sites (N-methyl/N-ethyl adjacent to an activating group) is 1. The van der Waals surface area contributed by atoms with Crippen LogP contribution < -0.4 is 10.1 Å². The fraction of sp³-hybridized carbons (Fsp3) is 0.375. The van der Waals surface area contributed by atoms with E-state index in [0.29, 0.717) is 17.0 Å². The Bertz CT molecular complexity index is 1490. The number of rotatable bonds is 9. The summed E-state index contributed by atoms with van der Waals surface area (Å²) >= 11 is 0. The highest BCUT2D eigenvalue weighted by Gasteiger charge is 2.33. The molecule has 0 aromatic heterocycles. The number of carbonyl (C=O) groups excluding carboxylic acids is 2. The average molecular weight is 594 g/mol. The zero-order valence-electron chi connectivity index (χ0n) is 24.5. The van der Waals surface area contributed by atoms with Gasteiger partial charge in [0, 0.05) is 30.8 Å². The van der Waals surface area contributed by atoms with Gasteiger partial charge in [0.25, 0.3) is 0 Å². The fourth-order valence-corrected chi connectivity index (χ4v) is 6.14. The lowest BCUT2D eigenvalue weighted by atomic mass is 10.0. The third-order valence-electron chi connectivity index (χ3n) is 7.57. The lowest BCUT2D eigenvalue weighted by molar-refractivity contribution is -0.134. The van der Waals surface area contributed by atoms with E-state index in [1.54, 1.807) is 54.3 Å². The molecule has 224 valence electrons. The third kappa shape index (κ3) is 7.56. The summed E-state index contributed by atoms with van der Waals surface area (Å²) < 4.78 is 34.5. The van der Waals surface area contributed by atoms with Gasteiger partial charge in [0.15, 0.2) is 0 Å². The maximum absolute atomic E-state index is 13.5. The van der Waals surface area contributed by atoms with Gasteiger partial charge in [-0.15, -0.1) is 0 Å². The first-order chi connectivity index (χ1) is 20.0. The predicted molar refractivity (Wildman–Crippen MR) is 162 cm³/mol. The van der Waals surface area contributed by atoms with Crippen molar-refractivity contribution in [3.8, 4) is 5.75 Å². The van der Waals surface area contributed by atoms with Crippen molar-refractivity contribution < 1.29 is 27.9 Å². The first-order valence-corrected chi connectivity index (χ1v) is 15.5. The van der Waals surface area contributed by atoms with Gasteiger partial charge >= 0.3 is 0 Å². The molecule has 0 spiro atoms. The van der Waals surface area contributed by atoms with Gasteiger partial charge in [0.2, 0.25) is 21.8 Å². The summed E-state index contributed by atoms with van der Waals surface area (Å²) in [7, 11) is -2.27. The van der Waals surface area contributed by atoms with Crippen LogP contribution in [0.1, 0.15) is 30.5 Å². The number of ether oxygens (including phenoxy) is 1. The Hall–Kier alpha value is -3.73. The number of sulfonamides is 1. The molecule has 0 unspecified atom stereocenters. The first kappa shape index (κ1) is 31.2. The molecule has 0 saturated heterocycles. The highest BCUT2D eigenvalue weighted by molar-refractivity contribution is 7.89. The predicted octanol–water partition coefficient (Wildman–Crippen LogP) is 3.65. The van der Waals surface area contributed by atoms with E-state index >= 15 is 0 Å². The molecular formula is C32H39N3O6S. The number of fused-ring (bicyclic) bond motifs is 1. The lowest BCUT2D eigenvalue weighted by Gasteiger charge is -2.33. The van der Waals surface area contributed by atoms with Crippen LogP contribution in [-0.4, -0.2) is 73.4 Å². The normalized spacial score (nSPS) is 18.3. The Morgan fingerprint density at radius 2 is 1.81 bits per heavy atom. The minimum Gasteiger partial charge on any atom is -0.488 e. The summed E-state index contributed by atoms with van der Waals surface area (Å²) in [4.78, 5) is 28.0. The molecule has 3 aromatic carbocycles. The van der Waals surface area contributed by atoms with Crippen molar-refractivity contribution >= 4 is 27.5 Å². The Kier molecular flexibility index (Phi) is 10.0. The highest BCUT2D eigenvalue weighted by Crippen LogP contribution is 2.30. The Morgan fingerprint density at radius 3 is 2.48 bits per heavy atom. The number of aryl methyl sites for hydroxylation is 1. The van der Waals surface area contributed by atoms with Crippen LogP contribution in [0.5, 0.6) is 5.75 Å². The average Bonchev–Trinajstić information content (AvgIpc) is 3.00. The molecule has 9 nitrogen and oxygen atoms in total. The number of nitrogens with one attached hydrogen (secondary N) is 1. The SMILES string of the molecule is Cc1ccc(S(=O)(=O)N(C)C[C@H]2Oc3ccc(NC(=O)Cc4ccccc4)cc3CC(=O)N([C@@H](C)CO)C[C@@H]2C)cc1. The number of hydrogen-bond donors (Lipinski definition) is 2. The van der Waals surface area contributed by atoms with Crippen molar-refractivity contribution in [3.63, 3.8) is 0 Å². The van der Waals surface area contributed by atoms with E-state index in [4.69, 9.17) is 4.74 Å². The maximum atomic E-state index is 13.5. The molecule has 1 heterocycles. The smallest absolute Gasteiger partial charge is 0.242 e. The van der Waals surface area contributed by atoms with Gasteiger partial charge in [-0.25, -0.2) is 8.42 Å². The molecule has 2 N–H and O–H groups in total. The molecule has 0 bridgehead atoms.